The van der Waals surface area contributed by atoms with Gasteiger partial charge >= 0.3 is 0 Å². The molecule has 0 saturated carbocycles. The Morgan fingerprint density at radius 2 is 1.64 bits per heavy atom. The molecular weight excluding hydrogens is 440 g/mol. The van der Waals surface area contributed by atoms with Crippen molar-refractivity contribution in [1.82, 2.24) is 19.2 Å². The number of anilines is 2. The van der Waals surface area contributed by atoms with Crippen molar-refractivity contribution in [1.29, 1.82) is 0 Å². The summed E-state index contributed by atoms with van der Waals surface area (Å²) >= 11 is 5.87. The molecular formula is C24H19ClN6O2. The Bertz CT molecular complexity index is 1540. The van der Waals surface area contributed by atoms with Crippen LogP contribution in [0.2, 0.25) is 5.02 Å². The third-order valence-corrected chi connectivity index (χ3v) is 5.64. The van der Waals surface area contributed by atoms with Gasteiger partial charge in [-0.25, -0.2) is 0 Å². The van der Waals surface area contributed by atoms with Crippen LogP contribution in [-0.2, 0) is 13.6 Å². The van der Waals surface area contributed by atoms with Crippen LogP contribution in [0.25, 0.3) is 16.7 Å². The fraction of sp³-hybridized carbons (Fsp3) is 0.0833. The summed E-state index contributed by atoms with van der Waals surface area (Å²) in [5, 5.41) is 15.9. The van der Waals surface area contributed by atoms with E-state index >= 15 is 0 Å². The number of hydrogen-bond acceptors (Lipinski definition) is 5. The van der Waals surface area contributed by atoms with Gasteiger partial charge in [0.15, 0.2) is 5.82 Å². The Labute approximate surface area is 193 Å². The van der Waals surface area contributed by atoms with Crippen molar-refractivity contribution in [2.24, 2.45) is 7.05 Å². The number of nitrogens with one attached hydrogen (secondary N) is 2. The molecule has 9 heteroatoms. The molecule has 0 aliphatic rings. The lowest BCUT2D eigenvalue weighted by Gasteiger charge is -2.10. The van der Waals surface area contributed by atoms with Crippen LogP contribution in [0.5, 0.6) is 0 Å². The molecule has 0 unspecified atom stereocenters. The smallest absolute Gasteiger partial charge is 0.262 e. The van der Waals surface area contributed by atoms with Crippen LogP contribution in [-0.4, -0.2) is 25.1 Å². The van der Waals surface area contributed by atoms with E-state index in [9.17, 15) is 9.59 Å². The number of carbonyl (C=O) groups excluding carboxylic acids is 1. The summed E-state index contributed by atoms with van der Waals surface area (Å²) in [6.07, 6.45) is 0. The predicted molar refractivity (Wildman–Crippen MR) is 129 cm³/mol. The number of carbonyl (C=O) groups is 1. The van der Waals surface area contributed by atoms with Crippen molar-refractivity contribution < 1.29 is 4.79 Å². The zero-order valence-corrected chi connectivity index (χ0v) is 18.4. The van der Waals surface area contributed by atoms with Crippen molar-refractivity contribution in [2.45, 2.75) is 6.54 Å². The Morgan fingerprint density at radius 1 is 0.939 bits per heavy atom. The Balaban J connectivity index is 1.33. The van der Waals surface area contributed by atoms with E-state index in [2.05, 4.69) is 20.8 Å². The third-order valence-electron chi connectivity index (χ3n) is 5.39. The number of aryl methyl sites for hydroxylation is 1. The summed E-state index contributed by atoms with van der Waals surface area (Å²) in [5.41, 5.74) is 2.71. The van der Waals surface area contributed by atoms with Crippen LogP contribution in [0.4, 0.5) is 11.4 Å². The molecule has 8 nitrogen and oxygen atoms in total. The molecule has 2 aromatic heterocycles. The second-order valence-electron chi connectivity index (χ2n) is 7.52. The van der Waals surface area contributed by atoms with Crippen LogP contribution in [0.3, 0.4) is 0 Å². The molecule has 0 saturated heterocycles. The van der Waals surface area contributed by atoms with Gasteiger partial charge in [-0.1, -0.05) is 23.7 Å². The first-order chi connectivity index (χ1) is 16.0. The standard InChI is InChI=1S/C24H19ClN6O2/c1-30-23(33)19-4-2-3-5-20(19)31-21(28-29-24(30)31)14-26-17-10-12-18(13-11-17)27-22(32)15-6-8-16(25)9-7-15/h2-13,26H,14H2,1H3,(H,27,32). The Morgan fingerprint density at radius 3 is 2.39 bits per heavy atom. The molecule has 2 heterocycles. The minimum Gasteiger partial charge on any atom is -0.378 e. The summed E-state index contributed by atoms with van der Waals surface area (Å²) in [5.74, 6) is 0.951. The van der Waals surface area contributed by atoms with Gasteiger partial charge in [0, 0.05) is 29.0 Å². The minimum atomic E-state index is -0.209. The monoisotopic (exact) mass is 458 g/mol. The van der Waals surface area contributed by atoms with Crippen molar-refractivity contribution in [2.75, 3.05) is 10.6 Å². The maximum Gasteiger partial charge on any atom is 0.262 e. The highest BCUT2D eigenvalue weighted by Crippen LogP contribution is 2.18. The number of amides is 1. The lowest BCUT2D eigenvalue weighted by molar-refractivity contribution is 0.102. The first-order valence-corrected chi connectivity index (χ1v) is 10.6. The van der Waals surface area contributed by atoms with Crippen LogP contribution in [0.1, 0.15) is 16.2 Å². The fourth-order valence-electron chi connectivity index (χ4n) is 3.66. The highest BCUT2D eigenvalue weighted by molar-refractivity contribution is 6.30. The zero-order chi connectivity index (χ0) is 22.9. The van der Waals surface area contributed by atoms with Gasteiger partial charge < -0.3 is 10.6 Å². The summed E-state index contributed by atoms with van der Waals surface area (Å²) in [4.78, 5) is 24.9. The van der Waals surface area contributed by atoms with Gasteiger partial charge in [-0.3, -0.25) is 18.6 Å². The van der Waals surface area contributed by atoms with E-state index in [1.54, 1.807) is 37.4 Å². The number of benzene rings is 3. The normalized spacial score (nSPS) is 11.1. The van der Waals surface area contributed by atoms with Gasteiger partial charge in [0.05, 0.1) is 17.4 Å². The number of halogens is 1. The number of fused-ring (bicyclic) bond motifs is 3. The van der Waals surface area contributed by atoms with Gasteiger partial charge in [-0.2, -0.15) is 0 Å². The summed E-state index contributed by atoms with van der Waals surface area (Å²) in [6, 6.07) is 21.5. The molecule has 0 fully saturated rings. The quantitative estimate of drug-likeness (QED) is 0.413. The molecule has 1 amide bonds. The largest absolute Gasteiger partial charge is 0.378 e. The molecule has 164 valence electrons. The van der Waals surface area contributed by atoms with Crippen molar-refractivity contribution in [3.05, 3.63) is 99.6 Å². The number of aromatic nitrogens is 4. The van der Waals surface area contributed by atoms with Crippen LogP contribution in [0, 0.1) is 0 Å². The lowest BCUT2D eigenvalue weighted by atomic mass is 10.2. The number of para-hydroxylation sites is 1. The zero-order valence-electron chi connectivity index (χ0n) is 17.6. The van der Waals surface area contributed by atoms with Gasteiger partial charge in [0.1, 0.15) is 0 Å². The van der Waals surface area contributed by atoms with Gasteiger partial charge in [0.2, 0.25) is 5.78 Å². The number of hydrogen-bond donors (Lipinski definition) is 2. The molecule has 0 aliphatic heterocycles. The average molecular weight is 459 g/mol. The van der Waals surface area contributed by atoms with E-state index in [0.717, 1.165) is 11.2 Å². The van der Waals surface area contributed by atoms with Gasteiger partial charge in [0.25, 0.3) is 11.5 Å². The molecule has 0 bridgehead atoms. The Hall–Kier alpha value is -4.17. The molecule has 3 aromatic carbocycles. The summed E-state index contributed by atoms with van der Waals surface area (Å²) in [7, 11) is 1.69. The highest BCUT2D eigenvalue weighted by atomic mass is 35.5. The topological polar surface area (TPSA) is 93.3 Å². The summed E-state index contributed by atoms with van der Waals surface area (Å²) in [6.45, 7) is 0.403. The van der Waals surface area contributed by atoms with Gasteiger partial charge in [-0.15, -0.1) is 10.2 Å². The van der Waals surface area contributed by atoms with E-state index in [1.807, 2.05) is 46.9 Å². The molecule has 5 rings (SSSR count). The molecule has 5 aromatic rings. The van der Waals surface area contributed by atoms with Crippen LogP contribution < -0.4 is 16.2 Å². The first-order valence-electron chi connectivity index (χ1n) is 10.2. The fourth-order valence-corrected chi connectivity index (χ4v) is 3.79. The maximum absolute atomic E-state index is 12.6. The van der Waals surface area contributed by atoms with Gasteiger partial charge in [-0.05, 0) is 60.7 Å². The number of nitrogens with zero attached hydrogens (tertiary/aromatic N) is 4. The molecule has 0 aliphatic carbocycles. The predicted octanol–water partition coefficient (Wildman–Crippen LogP) is 4.10. The van der Waals surface area contributed by atoms with Crippen molar-refractivity contribution in [3.8, 4) is 0 Å². The lowest BCUT2D eigenvalue weighted by Crippen LogP contribution is -2.20. The van der Waals surface area contributed by atoms with Crippen LogP contribution in [0.15, 0.2) is 77.6 Å². The number of rotatable bonds is 5. The SMILES string of the molecule is Cn1c(=O)c2ccccc2n2c(CNc3ccc(NC(=O)c4ccc(Cl)cc4)cc3)nnc12. The van der Waals surface area contributed by atoms with Crippen LogP contribution >= 0.6 is 11.6 Å². The van der Waals surface area contributed by atoms with E-state index in [-0.39, 0.29) is 11.5 Å². The van der Waals surface area contributed by atoms with E-state index in [1.165, 1.54) is 4.57 Å². The highest BCUT2D eigenvalue weighted by Gasteiger charge is 2.14. The second kappa shape index (κ2) is 8.40. The maximum atomic E-state index is 12.6. The van der Waals surface area contributed by atoms with E-state index in [0.29, 0.717) is 39.8 Å². The third kappa shape index (κ3) is 3.92. The van der Waals surface area contributed by atoms with Crippen molar-refractivity contribution >= 4 is 45.6 Å². The minimum absolute atomic E-state index is 0.110. The molecule has 0 radical (unpaired) electrons. The summed E-state index contributed by atoms with van der Waals surface area (Å²) < 4.78 is 3.38. The second-order valence-corrected chi connectivity index (χ2v) is 7.96. The average Bonchev–Trinajstić information content (AvgIpc) is 3.27. The molecule has 0 atom stereocenters. The molecule has 0 spiro atoms. The molecule has 2 N–H and O–H groups in total. The van der Waals surface area contributed by atoms with E-state index < -0.39 is 0 Å². The Kier molecular flexibility index (Phi) is 5.27. The van der Waals surface area contributed by atoms with Crippen molar-refractivity contribution in [3.63, 3.8) is 0 Å². The molecule has 33 heavy (non-hydrogen) atoms. The van der Waals surface area contributed by atoms with E-state index in [4.69, 9.17) is 11.6 Å². The first kappa shape index (κ1) is 20.7.